The summed E-state index contributed by atoms with van der Waals surface area (Å²) in [6.07, 6.45) is 3.94. The lowest BCUT2D eigenvalue weighted by atomic mass is 9.91. The predicted octanol–water partition coefficient (Wildman–Crippen LogP) is 2.24. The Balaban J connectivity index is 1.47. The first-order valence-corrected chi connectivity index (χ1v) is 8.70. The fourth-order valence-corrected chi connectivity index (χ4v) is 4.07. The minimum absolute atomic E-state index is 0.00744. The molecule has 6 heteroatoms. The summed E-state index contributed by atoms with van der Waals surface area (Å²) >= 11 is 0. The van der Waals surface area contributed by atoms with Gasteiger partial charge in [0.1, 0.15) is 6.23 Å². The summed E-state index contributed by atoms with van der Waals surface area (Å²) in [6.45, 7) is 0.543. The Morgan fingerprint density at radius 1 is 1.40 bits per heavy atom. The molecule has 3 heterocycles. The number of hydrogen-bond acceptors (Lipinski definition) is 4. The van der Waals surface area contributed by atoms with Crippen molar-refractivity contribution in [1.82, 2.24) is 9.88 Å². The maximum Gasteiger partial charge on any atom is 0.305 e. The van der Waals surface area contributed by atoms with Gasteiger partial charge in [0.25, 0.3) is 0 Å². The molecule has 2 aromatic rings. The maximum absolute atomic E-state index is 12.6. The molecule has 2 aliphatic heterocycles. The molecule has 0 unspecified atom stereocenters. The zero-order chi connectivity index (χ0) is 17.4. The molecule has 1 N–H and O–H groups in total. The van der Waals surface area contributed by atoms with Crippen molar-refractivity contribution in [2.75, 3.05) is 13.7 Å². The van der Waals surface area contributed by atoms with E-state index >= 15 is 0 Å². The molecule has 2 saturated heterocycles. The van der Waals surface area contributed by atoms with Crippen LogP contribution in [0.25, 0.3) is 10.9 Å². The highest BCUT2D eigenvalue weighted by atomic mass is 16.5. The van der Waals surface area contributed by atoms with E-state index in [0.717, 1.165) is 11.9 Å². The number of carbonyl (C=O) groups excluding carboxylic acids is 2. The summed E-state index contributed by atoms with van der Waals surface area (Å²) in [5, 5.41) is 1.19. The fraction of sp³-hybridized carbons (Fsp3) is 0.474. The minimum atomic E-state index is -0.264. The average molecular weight is 342 g/mol. The monoisotopic (exact) mass is 342 g/mol. The number of esters is 1. The standard InChI is InChI=1S/C19H22N2O4/c1-24-19(23)8-12-6-17(22)21-14(11-25-18(21)7-12)9-13-10-20-16-5-3-2-4-15(13)16/h2-5,10,12,14,18,20H,6-9,11H2,1H3/t12-,14-,18+/m0/s1. The van der Waals surface area contributed by atoms with Gasteiger partial charge in [-0.05, 0) is 30.4 Å². The van der Waals surface area contributed by atoms with Crippen LogP contribution in [0.2, 0.25) is 0 Å². The van der Waals surface area contributed by atoms with Gasteiger partial charge >= 0.3 is 5.97 Å². The number of nitrogens with one attached hydrogen (secondary N) is 1. The zero-order valence-corrected chi connectivity index (χ0v) is 14.2. The molecule has 4 rings (SSSR count). The Morgan fingerprint density at radius 2 is 2.24 bits per heavy atom. The van der Waals surface area contributed by atoms with E-state index in [4.69, 9.17) is 9.47 Å². The second-order valence-corrected chi connectivity index (χ2v) is 6.89. The largest absolute Gasteiger partial charge is 0.469 e. The summed E-state index contributed by atoms with van der Waals surface area (Å²) < 4.78 is 10.6. The molecule has 0 spiro atoms. The average Bonchev–Trinajstić information content (AvgIpc) is 3.20. The van der Waals surface area contributed by atoms with Gasteiger partial charge in [-0.2, -0.15) is 0 Å². The van der Waals surface area contributed by atoms with E-state index in [1.807, 2.05) is 23.2 Å². The highest BCUT2D eigenvalue weighted by molar-refractivity contribution is 5.83. The first-order chi connectivity index (χ1) is 12.2. The van der Waals surface area contributed by atoms with Gasteiger partial charge in [-0.15, -0.1) is 0 Å². The Labute approximate surface area is 146 Å². The Hall–Kier alpha value is -2.34. The molecule has 0 aliphatic carbocycles. The number of piperidine rings is 1. The summed E-state index contributed by atoms with van der Waals surface area (Å²) in [5.74, 6) is -0.180. The summed E-state index contributed by atoms with van der Waals surface area (Å²) in [7, 11) is 1.38. The topological polar surface area (TPSA) is 71.6 Å². The molecular formula is C19H22N2O4. The maximum atomic E-state index is 12.6. The van der Waals surface area contributed by atoms with Crippen LogP contribution in [0.1, 0.15) is 24.8 Å². The number of methoxy groups -OCH3 is 1. The van der Waals surface area contributed by atoms with Crippen molar-refractivity contribution in [3.05, 3.63) is 36.0 Å². The highest BCUT2D eigenvalue weighted by Crippen LogP contribution is 2.34. The number of para-hydroxylation sites is 1. The zero-order valence-electron chi connectivity index (χ0n) is 14.2. The number of rotatable bonds is 4. The molecule has 1 aromatic heterocycles. The van der Waals surface area contributed by atoms with Crippen molar-refractivity contribution in [3.8, 4) is 0 Å². The number of aromatic amines is 1. The lowest BCUT2D eigenvalue weighted by Gasteiger charge is -2.35. The second kappa shape index (κ2) is 6.52. The molecule has 2 aliphatic rings. The van der Waals surface area contributed by atoms with Crippen LogP contribution < -0.4 is 0 Å². The van der Waals surface area contributed by atoms with E-state index in [9.17, 15) is 9.59 Å². The molecule has 25 heavy (non-hydrogen) atoms. The summed E-state index contributed by atoms with van der Waals surface area (Å²) in [6, 6.07) is 8.23. The molecule has 3 atom stereocenters. The number of H-pyrrole nitrogens is 1. The van der Waals surface area contributed by atoms with Gasteiger partial charge in [0, 0.05) is 29.9 Å². The molecule has 6 nitrogen and oxygen atoms in total. The van der Waals surface area contributed by atoms with E-state index in [1.165, 1.54) is 18.1 Å². The van der Waals surface area contributed by atoms with Crippen molar-refractivity contribution in [1.29, 1.82) is 0 Å². The van der Waals surface area contributed by atoms with E-state index in [1.54, 1.807) is 0 Å². The Kier molecular flexibility index (Phi) is 4.21. The van der Waals surface area contributed by atoms with E-state index in [0.29, 0.717) is 19.4 Å². The van der Waals surface area contributed by atoms with Crippen LogP contribution in [-0.2, 0) is 25.5 Å². The van der Waals surface area contributed by atoms with Gasteiger partial charge in [-0.25, -0.2) is 0 Å². The van der Waals surface area contributed by atoms with Gasteiger partial charge in [-0.1, -0.05) is 18.2 Å². The minimum Gasteiger partial charge on any atom is -0.469 e. The van der Waals surface area contributed by atoms with Crippen molar-refractivity contribution < 1.29 is 19.1 Å². The van der Waals surface area contributed by atoms with Crippen LogP contribution in [0, 0.1) is 5.92 Å². The molecule has 2 fully saturated rings. The summed E-state index contributed by atoms with van der Waals surface area (Å²) in [5.41, 5.74) is 2.31. The summed E-state index contributed by atoms with van der Waals surface area (Å²) in [4.78, 5) is 29.3. The number of ether oxygens (including phenoxy) is 2. The van der Waals surface area contributed by atoms with E-state index in [-0.39, 0.29) is 36.5 Å². The first-order valence-electron chi connectivity index (χ1n) is 8.70. The molecular weight excluding hydrogens is 320 g/mol. The quantitative estimate of drug-likeness (QED) is 0.865. The fourth-order valence-electron chi connectivity index (χ4n) is 4.07. The number of fused-ring (bicyclic) bond motifs is 2. The third-order valence-corrected chi connectivity index (χ3v) is 5.28. The SMILES string of the molecule is COC(=O)C[C@H]1CC(=O)N2[C@@H](Cc3c[nH]c4ccccc34)CO[C@@H]2C1. The van der Waals surface area contributed by atoms with Crippen LogP contribution in [-0.4, -0.2) is 47.7 Å². The predicted molar refractivity (Wildman–Crippen MR) is 91.7 cm³/mol. The van der Waals surface area contributed by atoms with Gasteiger partial charge in [0.05, 0.1) is 19.8 Å². The number of aromatic nitrogens is 1. The van der Waals surface area contributed by atoms with Gasteiger partial charge in [0.2, 0.25) is 5.91 Å². The van der Waals surface area contributed by atoms with Crippen molar-refractivity contribution in [2.24, 2.45) is 5.92 Å². The normalized spacial score (nSPS) is 26.0. The van der Waals surface area contributed by atoms with Crippen LogP contribution in [0.4, 0.5) is 0 Å². The van der Waals surface area contributed by atoms with Crippen molar-refractivity contribution in [3.63, 3.8) is 0 Å². The van der Waals surface area contributed by atoms with Crippen molar-refractivity contribution in [2.45, 2.75) is 38.0 Å². The Bertz CT molecular complexity index is 800. The third kappa shape index (κ3) is 3.02. The number of hydrogen-bond donors (Lipinski definition) is 1. The highest BCUT2D eigenvalue weighted by Gasteiger charge is 2.43. The molecule has 0 radical (unpaired) electrons. The van der Waals surface area contributed by atoms with Gasteiger partial charge in [-0.3, -0.25) is 9.59 Å². The van der Waals surface area contributed by atoms with E-state index in [2.05, 4.69) is 17.1 Å². The first kappa shape index (κ1) is 16.1. The van der Waals surface area contributed by atoms with Crippen molar-refractivity contribution >= 4 is 22.8 Å². The smallest absolute Gasteiger partial charge is 0.305 e. The Morgan fingerprint density at radius 3 is 3.08 bits per heavy atom. The van der Waals surface area contributed by atoms with Crippen LogP contribution in [0.5, 0.6) is 0 Å². The molecule has 1 amide bonds. The molecule has 1 aromatic carbocycles. The number of amides is 1. The number of nitrogens with zero attached hydrogens (tertiary/aromatic N) is 1. The second-order valence-electron chi connectivity index (χ2n) is 6.89. The van der Waals surface area contributed by atoms with Crippen LogP contribution >= 0.6 is 0 Å². The molecule has 132 valence electrons. The van der Waals surface area contributed by atoms with Gasteiger partial charge in [0.15, 0.2) is 0 Å². The number of carbonyl (C=O) groups is 2. The van der Waals surface area contributed by atoms with E-state index < -0.39 is 0 Å². The molecule has 0 saturated carbocycles. The lowest BCUT2D eigenvalue weighted by molar-refractivity contribution is -0.149. The third-order valence-electron chi connectivity index (χ3n) is 5.28. The van der Waals surface area contributed by atoms with Gasteiger partial charge < -0.3 is 19.4 Å². The molecule has 0 bridgehead atoms. The lowest BCUT2D eigenvalue weighted by Crippen LogP contribution is -2.48. The number of benzene rings is 1. The van der Waals surface area contributed by atoms with Crippen LogP contribution in [0.15, 0.2) is 30.5 Å². The van der Waals surface area contributed by atoms with Crippen LogP contribution in [0.3, 0.4) is 0 Å².